The van der Waals surface area contributed by atoms with E-state index < -0.39 is 5.91 Å². The number of hydrogen-bond acceptors (Lipinski definition) is 5. The highest BCUT2D eigenvalue weighted by Crippen LogP contribution is 2.26. The molecular weight excluding hydrogens is 264 g/mol. The molecule has 0 aliphatic rings. The highest BCUT2D eigenvalue weighted by Gasteiger charge is 2.15. The van der Waals surface area contributed by atoms with Crippen LogP contribution in [0.1, 0.15) is 27.2 Å². The van der Waals surface area contributed by atoms with E-state index in [1.165, 1.54) is 29.5 Å². The largest absolute Gasteiger partial charge is 0.507 e. The van der Waals surface area contributed by atoms with Crippen molar-refractivity contribution in [2.45, 2.75) is 19.9 Å². The fourth-order valence-electron chi connectivity index (χ4n) is 1.60. The van der Waals surface area contributed by atoms with Gasteiger partial charge in [-0.3, -0.25) is 4.79 Å². The molecular formula is C13H14N2O3S. The topological polar surface area (TPSA) is 82.5 Å². The Labute approximate surface area is 114 Å². The Bertz CT molecular complexity index is 575. The van der Waals surface area contributed by atoms with E-state index in [1.54, 1.807) is 6.20 Å². The summed E-state index contributed by atoms with van der Waals surface area (Å²) in [5, 5.41) is 22.5. The van der Waals surface area contributed by atoms with E-state index in [4.69, 9.17) is 0 Å². The number of nitrogens with one attached hydrogen (secondary N) is 1. The number of nitrogens with zero attached hydrogens (tertiary/aromatic N) is 1. The number of thiazole rings is 1. The first-order chi connectivity index (χ1) is 9.11. The fraction of sp³-hybridized carbons (Fsp3) is 0.231. The Hall–Kier alpha value is -2.08. The van der Waals surface area contributed by atoms with E-state index >= 15 is 0 Å². The summed E-state index contributed by atoms with van der Waals surface area (Å²) in [6.07, 6.45) is 2.69. The number of amides is 1. The van der Waals surface area contributed by atoms with Crippen LogP contribution in [-0.4, -0.2) is 21.1 Å². The summed E-state index contributed by atoms with van der Waals surface area (Å²) in [5.41, 5.74) is -0.116. The minimum atomic E-state index is -0.524. The molecule has 2 aromatic rings. The van der Waals surface area contributed by atoms with Crippen LogP contribution >= 0.6 is 11.3 Å². The molecule has 0 spiro atoms. The second-order valence-corrected chi connectivity index (χ2v) is 5.13. The summed E-state index contributed by atoms with van der Waals surface area (Å²) in [5.74, 6) is -1.01. The minimum absolute atomic E-state index is 0.116. The van der Waals surface area contributed by atoms with E-state index in [9.17, 15) is 15.0 Å². The van der Waals surface area contributed by atoms with E-state index in [0.717, 1.165) is 16.3 Å². The average Bonchev–Trinajstić information content (AvgIpc) is 2.84. The van der Waals surface area contributed by atoms with Gasteiger partial charge in [0.25, 0.3) is 5.91 Å². The van der Waals surface area contributed by atoms with Gasteiger partial charge in [0, 0.05) is 11.1 Å². The number of rotatable bonds is 4. The predicted octanol–water partition coefficient (Wildman–Crippen LogP) is 2.05. The van der Waals surface area contributed by atoms with Crippen LogP contribution in [0.4, 0.5) is 0 Å². The van der Waals surface area contributed by atoms with Crippen molar-refractivity contribution in [1.82, 2.24) is 10.3 Å². The van der Waals surface area contributed by atoms with Crippen molar-refractivity contribution < 1.29 is 15.0 Å². The van der Waals surface area contributed by atoms with Crippen molar-refractivity contribution in [3.8, 4) is 11.5 Å². The molecule has 0 aliphatic heterocycles. The molecule has 0 atom stereocenters. The number of carbonyl (C=O) groups is 1. The maximum Gasteiger partial charge on any atom is 0.259 e. The number of aromatic nitrogens is 1. The summed E-state index contributed by atoms with van der Waals surface area (Å²) < 4.78 is 0. The molecule has 1 amide bonds. The molecule has 0 fully saturated rings. The Balaban J connectivity index is 2.05. The Morgan fingerprint density at radius 2 is 2.05 bits per heavy atom. The second kappa shape index (κ2) is 5.71. The lowest BCUT2D eigenvalue weighted by Crippen LogP contribution is -2.22. The van der Waals surface area contributed by atoms with Crippen LogP contribution in [0, 0.1) is 0 Å². The number of aromatic hydroxyl groups is 2. The lowest BCUT2D eigenvalue weighted by molar-refractivity contribution is 0.0945. The third-order valence-electron chi connectivity index (χ3n) is 2.60. The van der Waals surface area contributed by atoms with Crippen LogP contribution in [0.5, 0.6) is 11.5 Å². The zero-order valence-electron chi connectivity index (χ0n) is 10.4. The summed E-state index contributed by atoms with van der Waals surface area (Å²) in [7, 11) is 0. The molecule has 6 heteroatoms. The zero-order chi connectivity index (χ0) is 13.8. The van der Waals surface area contributed by atoms with Crippen molar-refractivity contribution in [3.63, 3.8) is 0 Å². The molecule has 0 radical (unpaired) electrons. The quantitative estimate of drug-likeness (QED) is 0.799. The minimum Gasteiger partial charge on any atom is -0.507 e. The maximum absolute atomic E-state index is 11.9. The Morgan fingerprint density at radius 3 is 2.63 bits per heavy atom. The van der Waals surface area contributed by atoms with Crippen molar-refractivity contribution in [2.75, 3.05) is 0 Å². The molecule has 0 bridgehead atoms. The molecule has 0 aliphatic carbocycles. The standard InChI is InChI=1S/C13H14N2O3S/c1-2-8-6-14-11(19-8)7-15-13(18)12-9(16)4-3-5-10(12)17/h3-6,16-17H,2,7H2,1H3,(H,15,18). The van der Waals surface area contributed by atoms with E-state index in [-0.39, 0.29) is 23.6 Å². The van der Waals surface area contributed by atoms with Gasteiger partial charge in [-0.25, -0.2) is 4.98 Å². The molecule has 100 valence electrons. The van der Waals surface area contributed by atoms with Crippen molar-refractivity contribution >= 4 is 17.2 Å². The number of carbonyl (C=O) groups excluding carboxylic acids is 1. The van der Waals surface area contributed by atoms with Gasteiger partial charge < -0.3 is 15.5 Å². The van der Waals surface area contributed by atoms with Crippen LogP contribution in [0.2, 0.25) is 0 Å². The highest BCUT2D eigenvalue weighted by atomic mass is 32.1. The fourth-order valence-corrected chi connectivity index (χ4v) is 2.40. The van der Waals surface area contributed by atoms with Gasteiger partial charge in [0.1, 0.15) is 22.1 Å². The average molecular weight is 278 g/mol. The first-order valence-electron chi connectivity index (χ1n) is 5.84. The van der Waals surface area contributed by atoms with Gasteiger partial charge in [-0.05, 0) is 18.6 Å². The maximum atomic E-state index is 11.9. The van der Waals surface area contributed by atoms with E-state index in [0.29, 0.717) is 0 Å². The molecule has 0 saturated carbocycles. The van der Waals surface area contributed by atoms with Crippen molar-refractivity contribution in [3.05, 3.63) is 39.8 Å². The van der Waals surface area contributed by atoms with E-state index in [1.807, 2.05) is 6.92 Å². The SMILES string of the molecule is CCc1cnc(CNC(=O)c2c(O)cccc2O)s1. The smallest absolute Gasteiger partial charge is 0.259 e. The molecule has 1 aromatic carbocycles. The van der Waals surface area contributed by atoms with Gasteiger partial charge in [0.05, 0.1) is 6.54 Å². The van der Waals surface area contributed by atoms with Crippen molar-refractivity contribution in [1.29, 1.82) is 0 Å². The number of aryl methyl sites for hydroxylation is 1. The lowest BCUT2D eigenvalue weighted by Gasteiger charge is -2.07. The third-order valence-corrected chi connectivity index (χ3v) is 3.74. The normalized spacial score (nSPS) is 10.4. The molecule has 5 nitrogen and oxygen atoms in total. The molecule has 0 saturated heterocycles. The Morgan fingerprint density at radius 1 is 1.37 bits per heavy atom. The van der Waals surface area contributed by atoms with Gasteiger partial charge in [-0.15, -0.1) is 11.3 Å². The zero-order valence-corrected chi connectivity index (χ0v) is 11.2. The van der Waals surface area contributed by atoms with Gasteiger partial charge in [-0.2, -0.15) is 0 Å². The summed E-state index contributed by atoms with van der Waals surface area (Å²) in [6.45, 7) is 2.31. The van der Waals surface area contributed by atoms with Crippen molar-refractivity contribution in [2.24, 2.45) is 0 Å². The monoisotopic (exact) mass is 278 g/mol. The van der Waals surface area contributed by atoms with Gasteiger partial charge in [-0.1, -0.05) is 13.0 Å². The van der Waals surface area contributed by atoms with Crippen LogP contribution in [0.25, 0.3) is 0 Å². The molecule has 19 heavy (non-hydrogen) atoms. The van der Waals surface area contributed by atoms with Crippen LogP contribution in [0.15, 0.2) is 24.4 Å². The van der Waals surface area contributed by atoms with Crippen LogP contribution in [0.3, 0.4) is 0 Å². The lowest BCUT2D eigenvalue weighted by atomic mass is 10.1. The molecule has 3 N–H and O–H groups in total. The summed E-state index contributed by atoms with van der Waals surface area (Å²) in [6, 6.07) is 4.18. The number of hydrogen-bond donors (Lipinski definition) is 3. The predicted molar refractivity (Wildman–Crippen MR) is 72.4 cm³/mol. The molecule has 1 heterocycles. The highest BCUT2D eigenvalue weighted by molar-refractivity contribution is 7.11. The first kappa shape index (κ1) is 13.4. The van der Waals surface area contributed by atoms with Gasteiger partial charge >= 0.3 is 0 Å². The summed E-state index contributed by atoms with van der Waals surface area (Å²) in [4.78, 5) is 17.2. The number of phenols is 2. The number of phenolic OH excluding ortho intramolecular Hbond substituents is 2. The van der Waals surface area contributed by atoms with E-state index in [2.05, 4.69) is 10.3 Å². The third kappa shape index (κ3) is 3.03. The van der Waals surface area contributed by atoms with Crippen LogP contribution in [-0.2, 0) is 13.0 Å². The Kier molecular flexibility index (Phi) is 4.01. The van der Waals surface area contributed by atoms with Gasteiger partial charge in [0.15, 0.2) is 0 Å². The second-order valence-electron chi connectivity index (χ2n) is 3.93. The summed E-state index contributed by atoms with van der Waals surface area (Å²) >= 11 is 1.53. The number of benzene rings is 1. The molecule has 0 unspecified atom stereocenters. The van der Waals surface area contributed by atoms with Crippen LogP contribution < -0.4 is 5.32 Å². The first-order valence-corrected chi connectivity index (χ1v) is 6.66. The molecule has 1 aromatic heterocycles. The van der Waals surface area contributed by atoms with Gasteiger partial charge in [0.2, 0.25) is 0 Å². The molecule has 2 rings (SSSR count).